The van der Waals surface area contributed by atoms with Crippen LogP contribution in [0.5, 0.6) is 0 Å². The second kappa shape index (κ2) is 14.5. The molecular weight excluding hydrogens is 502 g/mol. The number of carbonyl (C=O) groups excluding carboxylic acids is 3. The lowest BCUT2D eigenvalue weighted by atomic mass is 9.81. The quantitative estimate of drug-likeness (QED) is 0.200. The Hall–Kier alpha value is -3.93. The molecule has 40 heavy (non-hydrogen) atoms. The number of amides is 1. The largest absolute Gasteiger partial charge is 0.466 e. The molecule has 4 rings (SSSR count). The minimum atomic E-state index is -0.882. The predicted octanol–water partition coefficient (Wildman–Crippen LogP) is 6.42. The Morgan fingerprint density at radius 2 is 1.43 bits per heavy atom. The summed E-state index contributed by atoms with van der Waals surface area (Å²) in [6.45, 7) is 2.51. The van der Waals surface area contributed by atoms with Crippen LogP contribution >= 0.6 is 0 Å². The van der Waals surface area contributed by atoms with Crippen molar-refractivity contribution in [1.29, 1.82) is 0 Å². The summed E-state index contributed by atoms with van der Waals surface area (Å²) in [5.74, 6) is -1.13. The second-order valence-electron chi connectivity index (χ2n) is 10.6. The summed E-state index contributed by atoms with van der Waals surface area (Å²) >= 11 is 0. The number of unbranched alkanes of at least 4 members (excludes halogenated alkanes) is 1. The molecule has 0 aromatic heterocycles. The van der Waals surface area contributed by atoms with Crippen molar-refractivity contribution in [2.75, 3.05) is 6.61 Å². The van der Waals surface area contributed by atoms with E-state index in [1.54, 1.807) is 0 Å². The van der Waals surface area contributed by atoms with Gasteiger partial charge in [0.2, 0.25) is 5.91 Å². The van der Waals surface area contributed by atoms with E-state index in [1.165, 1.54) is 0 Å². The minimum absolute atomic E-state index is 0.0279. The summed E-state index contributed by atoms with van der Waals surface area (Å²) in [6, 6.07) is 26.6. The van der Waals surface area contributed by atoms with E-state index >= 15 is 0 Å². The molecular formula is C34H39NO5. The zero-order chi connectivity index (χ0) is 28.2. The van der Waals surface area contributed by atoms with Gasteiger partial charge in [-0.2, -0.15) is 0 Å². The van der Waals surface area contributed by atoms with Gasteiger partial charge >= 0.3 is 11.9 Å². The zero-order valence-corrected chi connectivity index (χ0v) is 23.3. The summed E-state index contributed by atoms with van der Waals surface area (Å²) < 4.78 is 11.0. The Morgan fingerprint density at radius 3 is 2.08 bits per heavy atom. The fraction of sp³-hybridized carbons (Fsp3) is 0.382. The summed E-state index contributed by atoms with van der Waals surface area (Å²) in [6.07, 6.45) is 4.95. The highest BCUT2D eigenvalue weighted by Crippen LogP contribution is 2.42. The van der Waals surface area contributed by atoms with Crippen LogP contribution in [0.15, 0.2) is 84.9 Å². The van der Waals surface area contributed by atoms with Gasteiger partial charge in [-0.15, -0.1) is 0 Å². The molecule has 6 heteroatoms. The van der Waals surface area contributed by atoms with Crippen molar-refractivity contribution in [3.8, 4) is 11.1 Å². The first-order valence-electron chi connectivity index (χ1n) is 14.3. The summed E-state index contributed by atoms with van der Waals surface area (Å²) in [5, 5.41) is 2.98. The van der Waals surface area contributed by atoms with Crippen LogP contribution in [0.3, 0.4) is 0 Å². The number of hydrogen-bond donors (Lipinski definition) is 1. The number of rotatable bonds is 13. The normalized spacial score (nSPS) is 14.7. The standard InChI is InChI=1S/C34H39NO5/c1-2-3-22-39-31(36)24-34(20-10-11-21-34)33(38)35-30(32(37)40-25-27-12-6-4-7-13-27)23-26-16-18-29(19-17-26)28-14-8-5-9-15-28/h4-9,12-19,30H,2-3,10-11,20-25H2,1H3,(H,35,38)/t30-/m0/s1. The molecule has 0 radical (unpaired) electrons. The van der Waals surface area contributed by atoms with E-state index in [2.05, 4.69) is 5.32 Å². The lowest BCUT2D eigenvalue weighted by molar-refractivity contribution is -0.153. The van der Waals surface area contributed by atoms with Crippen LogP contribution in [-0.4, -0.2) is 30.5 Å². The molecule has 1 fully saturated rings. The van der Waals surface area contributed by atoms with Crippen LogP contribution in [0.25, 0.3) is 11.1 Å². The first-order chi connectivity index (χ1) is 19.5. The fourth-order valence-corrected chi connectivity index (χ4v) is 5.23. The summed E-state index contributed by atoms with van der Waals surface area (Å²) in [4.78, 5) is 39.7. The van der Waals surface area contributed by atoms with Gasteiger partial charge in [-0.25, -0.2) is 4.79 Å². The molecule has 1 saturated carbocycles. The number of benzene rings is 3. The van der Waals surface area contributed by atoms with E-state index in [1.807, 2.05) is 91.9 Å². The molecule has 0 heterocycles. The maximum absolute atomic E-state index is 13.7. The molecule has 1 atom stereocenters. The van der Waals surface area contributed by atoms with Gasteiger partial charge in [-0.3, -0.25) is 9.59 Å². The van der Waals surface area contributed by atoms with Crippen LogP contribution in [0, 0.1) is 5.41 Å². The molecule has 6 nitrogen and oxygen atoms in total. The monoisotopic (exact) mass is 541 g/mol. The number of esters is 2. The van der Waals surface area contributed by atoms with Crippen molar-refractivity contribution < 1.29 is 23.9 Å². The molecule has 1 aliphatic rings. The van der Waals surface area contributed by atoms with Crippen molar-refractivity contribution in [2.24, 2.45) is 5.41 Å². The Bertz CT molecular complexity index is 1230. The average molecular weight is 542 g/mol. The van der Waals surface area contributed by atoms with Gasteiger partial charge in [0.05, 0.1) is 18.4 Å². The Balaban J connectivity index is 1.49. The molecule has 0 unspecified atom stereocenters. The third-order valence-electron chi connectivity index (χ3n) is 7.60. The lowest BCUT2D eigenvalue weighted by Gasteiger charge is -2.29. The van der Waals surface area contributed by atoms with E-state index < -0.39 is 17.4 Å². The van der Waals surface area contributed by atoms with Gasteiger partial charge in [-0.05, 0) is 41.5 Å². The topological polar surface area (TPSA) is 81.7 Å². The van der Waals surface area contributed by atoms with Gasteiger partial charge in [0.25, 0.3) is 0 Å². The third-order valence-corrected chi connectivity index (χ3v) is 7.60. The molecule has 0 saturated heterocycles. The fourth-order valence-electron chi connectivity index (χ4n) is 5.23. The van der Waals surface area contributed by atoms with Gasteiger partial charge in [0.15, 0.2) is 0 Å². The molecule has 1 aliphatic carbocycles. The van der Waals surface area contributed by atoms with Crippen LogP contribution in [0.2, 0.25) is 0 Å². The van der Waals surface area contributed by atoms with Crippen LogP contribution < -0.4 is 5.32 Å². The Kier molecular flexibility index (Phi) is 10.5. The SMILES string of the molecule is CCCCOC(=O)CC1(C(=O)N[C@@H](Cc2ccc(-c3ccccc3)cc2)C(=O)OCc2ccccc2)CCCC1. The van der Waals surface area contributed by atoms with Crippen molar-refractivity contribution in [3.05, 3.63) is 96.1 Å². The highest BCUT2D eigenvalue weighted by Gasteiger charge is 2.44. The van der Waals surface area contributed by atoms with Crippen LogP contribution in [-0.2, 0) is 36.9 Å². The van der Waals surface area contributed by atoms with E-state index in [0.717, 1.165) is 47.9 Å². The minimum Gasteiger partial charge on any atom is -0.466 e. The van der Waals surface area contributed by atoms with E-state index in [-0.39, 0.29) is 31.3 Å². The van der Waals surface area contributed by atoms with E-state index in [0.29, 0.717) is 19.4 Å². The molecule has 3 aromatic rings. The average Bonchev–Trinajstić information content (AvgIpc) is 3.46. The van der Waals surface area contributed by atoms with Crippen LogP contribution in [0.4, 0.5) is 0 Å². The number of nitrogens with one attached hydrogen (secondary N) is 1. The molecule has 0 spiro atoms. The highest BCUT2D eigenvalue weighted by atomic mass is 16.5. The Labute approximate surface area is 237 Å². The predicted molar refractivity (Wildman–Crippen MR) is 155 cm³/mol. The molecule has 1 amide bonds. The molecule has 0 aliphatic heterocycles. The molecule has 210 valence electrons. The molecule has 0 bridgehead atoms. The van der Waals surface area contributed by atoms with Gasteiger partial charge in [0.1, 0.15) is 12.6 Å². The lowest BCUT2D eigenvalue weighted by Crippen LogP contribution is -2.50. The summed E-state index contributed by atoms with van der Waals surface area (Å²) in [5.41, 5.74) is 3.09. The summed E-state index contributed by atoms with van der Waals surface area (Å²) in [7, 11) is 0. The van der Waals surface area contributed by atoms with Crippen molar-refractivity contribution in [2.45, 2.75) is 70.9 Å². The Morgan fingerprint density at radius 1 is 0.800 bits per heavy atom. The van der Waals surface area contributed by atoms with Gasteiger partial charge in [-0.1, -0.05) is 111 Å². The van der Waals surface area contributed by atoms with E-state index in [9.17, 15) is 14.4 Å². The van der Waals surface area contributed by atoms with E-state index in [4.69, 9.17) is 9.47 Å². The second-order valence-corrected chi connectivity index (χ2v) is 10.6. The highest BCUT2D eigenvalue weighted by molar-refractivity contribution is 5.91. The van der Waals surface area contributed by atoms with Gasteiger partial charge in [0, 0.05) is 6.42 Å². The van der Waals surface area contributed by atoms with Crippen molar-refractivity contribution in [1.82, 2.24) is 5.32 Å². The third kappa shape index (κ3) is 8.04. The number of ether oxygens (including phenoxy) is 2. The maximum Gasteiger partial charge on any atom is 0.329 e. The number of carbonyl (C=O) groups is 3. The van der Waals surface area contributed by atoms with Crippen molar-refractivity contribution in [3.63, 3.8) is 0 Å². The smallest absolute Gasteiger partial charge is 0.329 e. The van der Waals surface area contributed by atoms with Crippen molar-refractivity contribution >= 4 is 17.8 Å². The van der Waals surface area contributed by atoms with Crippen LogP contribution in [0.1, 0.15) is 63.0 Å². The van der Waals surface area contributed by atoms with Gasteiger partial charge < -0.3 is 14.8 Å². The first kappa shape index (κ1) is 29.1. The maximum atomic E-state index is 13.7. The molecule has 1 N–H and O–H groups in total. The number of hydrogen-bond acceptors (Lipinski definition) is 5. The molecule has 3 aromatic carbocycles. The zero-order valence-electron chi connectivity index (χ0n) is 23.3. The first-order valence-corrected chi connectivity index (χ1v) is 14.3.